The lowest BCUT2D eigenvalue weighted by atomic mass is 10.1. The third-order valence-corrected chi connectivity index (χ3v) is 6.02. The van der Waals surface area contributed by atoms with Gasteiger partial charge in [-0.2, -0.15) is 0 Å². The van der Waals surface area contributed by atoms with Gasteiger partial charge in [0.15, 0.2) is 11.0 Å². The normalized spacial score (nSPS) is 11.0. The molecular formula is C25H26N4O2S. The van der Waals surface area contributed by atoms with Crippen LogP contribution in [0.25, 0.3) is 10.8 Å². The molecule has 3 aromatic carbocycles. The number of ether oxygens (including phenoxy) is 1. The van der Waals surface area contributed by atoms with Gasteiger partial charge < -0.3 is 14.6 Å². The molecule has 0 fully saturated rings. The maximum Gasteiger partial charge on any atom is 0.234 e. The van der Waals surface area contributed by atoms with E-state index in [1.807, 2.05) is 67.8 Å². The fourth-order valence-electron chi connectivity index (χ4n) is 3.69. The van der Waals surface area contributed by atoms with Crippen molar-refractivity contribution in [1.82, 2.24) is 14.8 Å². The first-order valence-corrected chi connectivity index (χ1v) is 11.6. The number of amides is 1. The van der Waals surface area contributed by atoms with Crippen LogP contribution < -0.4 is 10.1 Å². The summed E-state index contributed by atoms with van der Waals surface area (Å²) in [5.74, 6) is 1.74. The SMILES string of the molecule is CCn1c(COc2cccc3ccccc23)nnc1SCC(=O)Nc1cc(C)cc(C)c1. The van der Waals surface area contributed by atoms with Gasteiger partial charge in [-0.1, -0.05) is 54.2 Å². The third-order valence-electron chi connectivity index (χ3n) is 5.05. The molecule has 1 heterocycles. The number of aromatic nitrogens is 3. The Balaban J connectivity index is 1.40. The fourth-order valence-corrected chi connectivity index (χ4v) is 4.51. The van der Waals surface area contributed by atoms with Crippen molar-refractivity contribution < 1.29 is 9.53 Å². The molecule has 164 valence electrons. The van der Waals surface area contributed by atoms with E-state index in [2.05, 4.69) is 33.7 Å². The largest absolute Gasteiger partial charge is 0.485 e. The Morgan fingerprint density at radius 2 is 1.78 bits per heavy atom. The molecule has 1 amide bonds. The van der Waals surface area contributed by atoms with E-state index in [1.54, 1.807) is 0 Å². The number of rotatable bonds is 8. The summed E-state index contributed by atoms with van der Waals surface area (Å²) in [6, 6.07) is 20.1. The minimum Gasteiger partial charge on any atom is -0.485 e. The zero-order valence-corrected chi connectivity index (χ0v) is 19.3. The molecule has 4 aromatic rings. The number of hydrogen-bond donors (Lipinski definition) is 1. The number of aryl methyl sites for hydroxylation is 2. The number of carbonyl (C=O) groups excluding carboxylic acids is 1. The maximum absolute atomic E-state index is 12.4. The molecule has 0 aliphatic rings. The molecular weight excluding hydrogens is 420 g/mol. The standard InChI is InChI=1S/C25H26N4O2S/c1-4-29-23(15-31-22-11-7-9-19-8-5-6-10-21(19)22)27-28-25(29)32-16-24(30)26-20-13-17(2)12-18(3)14-20/h5-14H,4,15-16H2,1-3H3,(H,26,30). The van der Waals surface area contributed by atoms with Crippen molar-refractivity contribution in [1.29, 1.82) is 0 Å². The van der Waals surface area contributed by atoms with Gasteiger partial charge in [-0.3, -0.25) is 4.79 Å². The second kappa shape index (κ2) is 9.87. The smallest absolute Gasteiger partial charge is 0.234 e. The summed E-state index contributed by atoms with van der Waals surface area (Å²) in [4.78, 5) is 12.4. The van der Waals surface area contributed by atoms with Crippen LogP contribution in [0.15, 0.2) is 65.8 Å². The Kier molecular flexibility index (Phi) is 6.75. The zero-order chi connectivity index (χ0) is 22.5. The van der Waals surface area contributed by atoms with E-state index in [9.17, 15) is 4.79 Å². The first-order valence-electron chi connectivity index (χ1n) is 10.6. The minimum atomic E-state index is -0.0702. The minimum absolute atomic E-state index is 0.0702. The number of fused-ring (bicyclic) bond motifs is 1. The van der Waals surface area contributed by atoms with E-state index in [1.165, 1.54) is 11.8 Å². The molecule has 0 saturated carbocycles. The molecule has 0 unspecified atom stereocenters. The van der Waals surface area contributed by atoms with Crippen molar-refractivity contribution in [2.24, 2.45) is 0 Å². The first-order chi connectivity index (χ1) is 15.5. The van der Waals surface area contributed by atoms with Gasteiger partial charge >= 0.3 is 0 Å². The summed E-state index contributed by atoms with van der Waals surface area (Å²) in [5, 5.41) is 14.5. The van der Waals surface area contributed by atoms with Crippen LogP contribution in [-0.2, 0) is 17.9 Å². The second-order valence-electron chi connectivity index (χ2n) is 7.62. The molecule has 0 radical (unpaired) electrons. The highest BCUT2D eigenvalue weighted by atomic mass is 32.2. The van der Waals surface area contributed by atoms with E-state index >= 15 is 0 Å². The Morgan fingerprint density at radius 3 is 2.56 bits per heavy atom. The average Bonchev–Trinajstić information content (AvgIpc) is 3.17. The van der Waals surface area contributed by atoms with E-state index < -0.39 is 0 Å². The molecule has 0 aliphatic carbocycles. The fraction of sp³-hybridized carbons (Fsp3) is 0.240. The summed E-state index contributed by atoms with van der Waals surface area (Å²) >= 11 is 1.37. The number of nitrogens with zero attached hydrogens (tertiary/aromatic N) is 3. The number of nitrogens with one attached hydrogen (secondary N) is 1. The van der Waals surface area contributed by atoms with Gasteiger partial charge in [0.25, 0.3) is 0 Å². The van der Waals surface area contributed by atoms with Gasteiger partial charge in [0, 0.05) is 17.6 Å². The topological polar surface area (TPSA) is 69.0 Å². The Labute approximate surface area is 192 Å². The molecule has 32 heavy (non-hydrogen) atoms. The highest BCUT2D eigenvalue weighted by Crippen LogP contribution is 2.26. The van der Waals surface area contributed by atoms with Crippen LogP contribution in [0, 0.1) is 13.8 Å². The van der Waals surface area contributed by atoms with Crippen LogP contribution in [0.2, 0.25) is 0 Å². The molecule has 6 nitrogen and oxygen atoms in total. The molecule has 0 aliphatic heterocycles. The Morgan fingerprint density at radius 1 is 1.03 bits per heavy atom. The number of thioether (sulfide) groups is 1. The second-order valence-corrected chi connectivity index (χ2v) is 8.56. The van der Waals surface area contributed by atoms with Crippen molar-refractivity contribution in [3.63, 3.8) is 0 Å². The highest BCUT2D eigenvalue weighted by Gasteiger charge is 2.14. The third kappa shape index (κ3) is 5.11. The Bertz CT molecular complexity index is 1230. The summed E-state index contributed by atoms with van der Waals surface area (Å²) in [5.41, 5.74) is 3.05. The predicted octanol–water partition coefficient (Wildman–Crippen LogP) is 5.38. The van der Waals surface area contributed by atoms with E-state index in [4.69, 9.17) is 4.74 Å². The quantitative estimate of drug-likeness (QED) is 0.368. The van der Waals surface area contributed by atoms with Gasteiger partial charge in [-0.15, -0.1) is 10.2 Å². The first kappa shape index (κ1) is 21.9. The van der Waals surface area contributed by atoms with Crippen LogP contribution in [0.4, 0.5) is 5.69 Å². The van der Waals surface area contributed by atoms with Crippen LogP contribution in [0.1, 0.15) is 23.9 Å². The lowest BCUT2D eigenvalue weighted by Gasteiger charge is -2.11. The number of carbonyl (C=O) groups is 1. The van der Waals surface area contributed by atoms with Crippen LogP contribution >= 0.6 is 11.8 Å². The van der Waals surface area contributed by atoms with Gasteiger partial charge in [0.1, 0.15) is 12.4 Å². The van der Waals surface area contributed by atoms with Gasteiger partial charge in [-0.25, -0.2) is 0 Å². The summed E-state index contributed by atoms with van der Waals surface area (Å²) in [6.45, 7) is 7.07. The van der Waals surface area contributed by atoms with Crippen molar-refractivity contribution in [2.75, 3.05) is 11.1 Å². The zero-order valence-electron chi connectivity index (χ0n) is 18.5. The van der Waals surface area contributed by atoms with Gasteiger partial charge in [0.2, 0.25) is 5.91 Å². The van der Waals surface area contributed by atoms with Crippen LogP contribution in [0.3, 0.4) is 0 Å². The Hall–Kier alpha value is -3.32. The molecule has 1 N–H and O–H groups in total. The van der Waals surface area contributed by atoms with Crippen molar-refractivity contribution in [2.45, 2.75) is 39.1 Å². The average molecular weight is 447 g/mol. The van der Waals surface area contributed by atoms with Crippen molar-refractivity contribution in [3.8, 4) is 5.75 Å². The van der Waals surface area contributed by atoms with Gasteiger partial charge in [-0.05, 0) is 55.5 Å². The monoisotopic (exact) mass is 446 g/mol. The van der Waals surface area contributed by atoms with Crippen molar-refractivity contribution >= 4 is 34.1 Å². The summed E-state index contributed by atoms with van der Waals surface area (Å²) in [7, 11) is 0. The lowest BCUT2D eigenvalue weighted by Crippen LogP contribution is -2.15. The lowest BCUT2D eigenvalue weighted by molar-refractivity contribution is -0.113. The molecule has 0 spiro atoms. The number of benzene rings is 3. The van der Waals surface area contributed by atoms with E-state index in [0.29, 0.717) is 18.3 Å². The van der Waals surface area contributed by atoms with Crippen molar-refractivity contribution in [3.05, 3.63) is 77.6 Å². The van der Waals surface area contributed by atoms with E-state index in [-0.39, 0.29) is 11.7 Å². The highest BCUT2D eigenvalue weighted by molar-refractivity contribution is 7.99. The molecule has 4 rings (SSSR count). The summed E-state index contributed by atoms with van der Waals surface area (Å²) in [6.07, 6.45) is 0. The molecule has 0 atom stereocenters. The van der Waals surface area contributed by atoms with Crippen LogP contribution in [0.5, 0.6) is 5.75 Å². The van der Waals surface area contributed by atoms with Gasteiger partial charge in [0.05, 0.1) is 5.75 Å². The molecule has 1 aromatic heterocycles. The maximum atomic E-state index is 12.4. The summed E-state index contributed by atoms with van der Waals surface area (Å²) < 4.78 is 8.06. The number of anilines is 1. The van der Waals surface area contributed by atoms with E-state index in [0.717, 1.165) is 39.2 Å². The molecule has 0 bridgehead atoms. The molecule has 0 saturated heterocycles. The van der Waals surface area contributed by atoms with Crippen LogP contribution in [-0.4, -0.2) is 26.4 Å². The number of hydrogen-bond acceptors (Lipinski definition) is 5. The molecule has 7 heteroatoms. The predicted molar refractivity (Wildman–Crippen MR) is 129 cm³/mol.